The maximum atomic E-state index is 12.1. The van der Waals surface area contributed by atoms with E-state index in [-0.39, 0.29) is 18.4 Å². The van der Waals surface area contributed by atoms with Gasteiger partial charge in [0.15, 0.2) is 0 Å². The zero-order chi connectivity index (χ0) is 19.2. The van der Waals surface area contributed by atoms with E-state index in [1.807, 2.05) is 24.3 Å². The number of methoxy groups -OCH3 is 1. The summed E-state index contributed by atoms with van der Waals surface area (Å²) in [6.07, 6.45) is 0.271. The summed E-state index contributed by atoms with van der Waals surface area (Å²) >= 11 is 0. The molecule has 1 N–H and O–H groups in total. The van der Waals surface area contributed by atoms with E-state index >= 15 is 0 Å². The number of carbonyl (C=O) groups excluding carboxylic acids is 2. The van der Waals surface area contributed by atoms with Crippen molar-refractivity contribution < 1.29 is 23.9 Å². The Hall–Kier alpha value is -3.35. The molecule has 0 aromatic heterocycles. The Morgan fingerprint density at radius 2 is 1.78 bits per heavy atom. The van der Waals surface area contributed by atoms with Crippen molar-refractivity contribution in [2.45, 2.75) is 25.9 Å². The van der Waals surface area contributed by atoms with Gasteiger partial charge in [0.25, 0.3) is 0 Å². The lowest BCUT2D eigenvalue weighted by molar-refractivity contribution is -0.137. The molecule has 1 aliphatic heterocycles. The number of hydrogen-bond acceptors (Lipinski definition) is 6. The van der Waals surface area contributed by atoms with Crippen molar-refractivity contribution in [3.05, 3.63) is 54.1 Å². The third-order valence-electron chi connectivity index (χ3n) is 3.96. The summed E-state index contributed by atoms with van der Waals surface area (Å²) in [5, 5.41) is 6.72. The molecule has 7 heteroatoms. The average Bonchev–Trinajstić information content (AvgIpc) is 3.11. The molecule has 140 valence electrons. The molecule has 0 spiro atoms. The van der Waals surface area contributed by atoms with Gasteiger partial charge in [-0.15, -0.1) is 0 Å². The first-order chi connectivity index (χ1) is 13.0. The van der Waals surface area contributed by atoms with Crippen LogP contribution in [0.3, 0.4) is 0 Å². The maximum absolute atomic E-state index is 12.1. The highest BCUT2D eigenvalue weighted by atomic mass is 16.6. The number of rotatable bonds is 6. The maximum Gasteiger partial charge on any atom is 0.315 e. The number of ether oxygens (including phenoxy) is 2. The normalized spacial score (nSPS) is 15.5. The van der Waals surface area contributed by atoms with Crippen LogP contribution in [-0.2, 0) is 14.4 Å². The average molecular weight is 368 g/mol. The second kappa shape index (κ2) is 8.35. The van der Waals surface area contributed by atoms with Gasteiger partial charge < -0.3 is 19.6 Å². The highest BCUT2D eigenvalue weighted by molar-refractivity contribution is 6.01. The van der Waals surface area contributed by atoms with Gasteiger partial charge in [0, 0.05) is 19.0 Å². The number of esters is 1. The molecule has 3 rings (SSSR count). The molecule has 2 aromatic rings. The summed E-state index contributed by atoms with van der Waals surface area (Å²) in [5.41, 5.74) is 2.36. The predicted molar refractivity (Wildman–Crippen MR) is 100 cm³/mol. The predicted octanol–water partition coefficient (Wildman–Crippen LogP) is 3.14. The van der Waals surface area contributed by atoms with Crippen LogP contribution in [-0.4, -0.2) is 30.8 Å². The van der Waals surface area contributed by atoms with Crippen molar-refractivity contribution in [3.63, 3.8) is 0 Å². The van der Waals surface area contributed by atoms with Crippen LogP contribution in [0, 0.1) is 0 Å². The van der Waals surface area contributed by atoms with Crippen LogP contribution >= 0.6 is 0 Å². The summed E-state index contributed by atoms with van der Waals surface area (Å²) in [6, 6.07) is 14.1. The van der Waals surface area contributed by atoms with Gasteiger partial charge in [-0.05, 0) is 54.1 Å². The molecule has 1 heterocycles. The lowest BCUT2D eigenvalue weighted by Gasteiger charge is -2.09. The smallest absolute Gasteiger partial charge is 0.315 e. The molecule has 1 atom stereocenters. The van der Waals surface area contributed by atoms with Crippen LogP contribution in [0.5, 0.6) is 11.5 Å². The molecular formula is C20H20N2O5. The van der Waals surface area contributed by atoms with Crippen molar-refractivity contribution >= 4 is 23.3 Å². The Kier molecular flexibility index (Phi) is 5.71. The monoisotopic (exact) mass is 368 g/mol. The van der Waals surface area contributed by atoms with Crippen molar-refractivity contribution in [2.75, 3.05) is 12.4 Å². The van der Waals surface area contributed by atoms with E-state index in [2.05, 4.69) is 10.5 Å². The van der Waals surface area contributed by atoms with Crippen molar-refractivity contribution in [1.82, 2.24) is 0 Å². The Balaban J connectivity index is 1.49. The van der Waals surface area contributed by atoms with E-state index in [1.54, 1.807) is 31.4 Å². The van der Waals surface area contributed by atoms with Crippen LogP contribution in [0.4, 0.5) is 5.69 Å². The Morgan fingerprint density at radius 1 is 1.11 bits per heavy atom. The number of amides is 1. The minimum absolute atomic E-state index is 0.0939. The van der Waals surface area contributed by atoms with Gasteiger partial charge in [-0.25, -0.2) is 0 Å². The molecule has 0 bridgehead atoms. The molecule has 27 heavy (non-hydrogen) atoms. The number of oxime groups is 1. The van der Waals surface area contributed by atoms with Crippen LogP contribution in [0.2, 0.25) is 0 Å². The number of nitrogens with one attached hydrogen (secondary N) is 1. The molecule has 0 fully saturated rings. The molecule has 1 amide bonds. The molecule has 1 aliphatic rings. The van der Waals surface area contributed by atoms with E-state index in [0.717, 1.165) is 17.0 Å². The summed E-state index contributed by atoms with van der Waals surface area (Å²) in [7, 11) is 1.61. The van der Waals surface area contributed by atoms with Gasteiger partial charge in [-0.3, -0.25) is 9.59 Å². The number of nitrogens with zero attached hydrogens (tertiary/aromatic N) is 1. The first kappa shape index (κ1) is 18.4. The van der Waals surface area contributed by atoms with Gasteiger partial charge in [-0.1, -0.05) is 5.16 Å². The second-order valence-electron chi connectivity index (χ2n) is 6.08. The lowest BCUT2D eigenvalue weighted by Crippen LogP contribution is -2.18. The quantitative estimate of drug-likeness (QED) is 0.625. The fraction of sp³-hybridized carbons (Fsp3) is 0.250. The van der Waals surface area contributed by atoms with Crippen LogP contribution in [0.1, 0.15) is 25.3 Å². The van der Waals surface area contributed by atoms with E-state index in [1.165, 1.54) is 6.92 Å². The number of carbonyl (C=O) groups is 2. The molecule has 0 saturated carbocycles. The second-order valence-corrected chi connectivity index (χ2v) is 6.08. The van der Waals surface area contributed by atoms with Crippen molar-refractivity contribution in [2.24, 2.45) is 5.16 Å². The number of benzene rings is 2. The van der Waals surface area contributed by atoms with Gasteiger partial charge in [0.1, 0.15) is 17.6 Å². The molecule has 0 aliphatic carbocycles. The van der Waals surface area contributed by atoms with E-state index in [0.29, 0.717) is 17.9 Å². The lowest BCUT2D eigenvalue weighted by atomic mass is 10.0. The number of hydrogen-bond donors (Lipinski definition) is 1. The molecule has 1 unspecified atom stereocenters. The fourth-order valence-corrected chi connectivity index (χ4v) is 2.66. The summed E-state index contributed by atoms with van der Waals surface area (Å²) in [6.45, 7) is 1.43. The third kappa shape index (κ3) is 5.07. The fourth-order valence-electron chi connectivity index (χ4n) is 2.66. The Morgan fingerprint density at radius 3 is 2.41 bits per heavy atom. The van der Waals surface area contributed by atoms with Crippen LogP contribution in [0.25, 0.3) is 0 Å². The standard InChI is InChI=1S/C20H20N2O5/c1-13(23)21-15-5-9-17(10-6-15)26-20(24)12-18-11-19(22-27-18)14-3-7-16(25-2)8-4-14/h3-10,18H,11-12H2,1-2H3,(H,21,23). The van der Waals surface area contributed by atoms with Crippen LogP contribution < -0.4 is 14.8 Å². The van der Waals surface area contributed by atoms with Crippen molar-refractivity contribution in [3.8, 4) is 11.5 Å². The molecular weight excluding hydrogens is 348 g/mol. The molecule has 0 radical (unpaired) electrons. The minimum atomic E-state index is -0.404. The third-order valence-corrected chi connectivity index (χ3v) is 3.96. The largest absolute Gasteiger partial charge is 0.497 e. The topological polar surface area (TPSA) is 86.2 Å². The SMILES string of the molecule is COc1ccc(C2=NOC(CC(=O)Oc3ccc(NC(C)=O)cc3)C2)cc1. The Bertz CT molecular complexity index is 844. The number of anilines is 1. The van der Waals surface area contributed by atoms with Gasteiger partial charge in [0.05, 0.1) is 19.2 Å². The summed E-state index contributed by atoms with van der Waals surface area (Å²) in [4.78, 5) is 28.5. The van der Waals surface area contributed by atoms with Crippen molar-refractivity contribution in [1.29, 1.82) is 0 Å². The van der Waals surface area contributed by atoms with Gasteiger partial charge >= 0.3 is 5.97 Å². The first-order valence-corrected chi connectivity index (χ1v) is 8.49. The highest BCUT2D eigenvalue weighted by Gasteiger charge is 2.25. The zero-order valence-corrected chi connectivity index (χ0v) is 15.1. The molecule has 7 nitrogen and oxygen atoms in total. The zero-order valence-electron chi connectivity index (χ0n) is 15.1. The summed E-state index contributed by atoms with van der Waals surface area (Å²) in [5.74, 6) is 0.607. The molecule has 0 saturated heterocycles. The summed E-state index contributed by atoms with van der Waals surface area (Å²) < 4.78 is 10.4. The molecule has 2 aromatic carbocycles. The minimum Gasteiger partial charge on any atom is -0.497 e. The van der Waals surface area contributed by atoms with Crippen LogP contribution in [0.15, 0.2) is 53.7 Å². The Labute approximate surface area is 156 Å². The first-order valence-electron chi connectivity index (χ1n) is 8.49. The van der Waals surface area contributed by atoms with Gasteiger partial charge in [0.2, 0.25) is 5.91 Å². The highest BCUT2D eigenvalue weighted by Crippen LogP contribution is 2.22. The van der Waals surface area contributed by atoms with E-state index in [9.17, 15) is 9.59 Å². The van der Waals surface area contributed by atoms with Gasteiger partial charge in [-0.2, -0.15) is 0 Å². The van der Waals surface area contributed by atoms with E-state index < -0.39 is 5.97 Å². The van der Waals surface area contributed by atoms with E-state index in [4.69, 9.17) is 14.3 Å².